The van der Waals surface area contributed by atoms with Gasteiger partial charge in [0.05, 0.1) is 18.0 Å². The van der Waals surface area contributed by atoms with Crippen molar-refractivity contribution in [2.75, 3.05) is 19.7 Å². The van der Waals surface area contributed by atoms with Crippen molar-refractivity contribution >= 4 is 5.91 Å². The minimum atomic E-state index is 0.0370. The SMILES string of the molecule is CCOCc1cnc(C)nc1C1CCCN(C(=O)c2cc(C)nn2C)C1. The number of aryl methyl sites for hydroxylation is 3. The third-order valence-corrected chi connectivity index (χ3v) is 4.80. The molecular formula is C19H27N5O2. The summed E-state index contributed by atoms with van der Waals surface area (Å²) < 4.78 is 7.24. The van der Waals surface area contributed by atoms with E-state index in [0.29, 0.717) is 25.5 Å². The lowest BCUT2D eigenvalue weighted by atomic mass is 9.92. The summed E-state index contributed by atoms with van der Waals surface area (Å²) in [4.78, 5) is 23.9. The van der Waals surface area contributed by atoms with Crippen molar-refractivity contribution in [2.45, 2.75) is 46.1 Å². The summed E-state index contributed by atoms with van der Waals surface area (Å²) in [6, 6.07) is 1.85. The van der Waals surface area contributed by atoms with E-state index in [9.17, 15) is 4.79 Å². The van der Waals surface area contributed by atoms with Gasteiger partial charge in [0.15, 0.2) is 0 Å². The predicted molar refractivity (Wildman–Crippen MR) is 97.9 cm³/mol. The molecule has 0 radical (unpaired) electrons. The first kappa shape index (κ1) is 18.5. The molecule has 1 amide bonds. The quantitative estimate of drug-likeness (QED) is 0.821. The Morgan fingerprint density at radius 2 is 2.19 bits per heavy atom. The van der Waals surface area contributed by atoms with E-state index in [-0.39, 0.29) is 11.8 Å². The van der Waals surface area contributed by atoms with E-state index < -0.39 is 0 Å². The van der Waals surface area contributed by atoms with E-state index in [4.69, 9.17) is 9.72 Å². The van der Waals surface area contributed by atoms with Crippen LogP contribution in [0.5, 0.6) is 0 Å². The second-order valence-electron chi connectivity index (χ2n) is 6.85. The fourth-order valence-electron chi connectivity index (χ4n) is 3.55. The number of piperidine rings is 1. The van der Waals surface area contributed by atoms with Crippen LogP contribution in [-0.4, -0.2) is 50.3 Å². The predicted octanol–water partition coefficient (Wildman–Crippen LogP) is 2.38. The van der Waals surface area contributed by atoms with Crippen molar-refractivity contribution in [1.82, 2.24) is 24.6 Å². The highest BCUT2D eigenvalue weighted by Gasteiger charge is 2.29. The molecular weight excluding hydrogens is 330 g/mol. The van der Waals surface area contributed by atoms with Gasteiger partial charge in [0.1, 0.15) is 11.5 Å². The highest BCUT2D eigenvalue weighted by atomic mass is 16.5. The van der Waals surface area contributed by atoms with Crippen LogP contribution in [0.25, 0.3) is 0 Å². The van der Waals surface area contributed by atoms with Crippen LogP contribution in [-0.2, 0) is 18.4 Å². The smallest absolute Gasteiger partial charge is 0.272 e. The molecule has 7 heteroatoms. The number of carbonyl (C=O) groups is 1. The van der Waals surface area contributed by atoms with Gasteiger partial charge in [-0.3, -0.25) is 9.48 Å². The fourth-order valence-corrected chi connectivity index (χ4v) is 3.55. The summed E-state index contributed by atoms with van der Waals surface area (Å²) >= 11 is 0. The Kier molecular flexibility index (Phi) is 5.66. The number of hydrogen-bond acceptors (Lipinski definition) is 5. The van der Waals surface area contributed by atoms with Crippen molar-refractivity contribution in [2.24, 2.45) is 7.05 Å². The molecule has 0 saturated carbocycles. The number of hydrogen-bond donors (Lipinski definition) is 0. The van der Waals surface area contributed by atoms with E-state index in [0.717, 1.165) is 42.2 Å². The zero-order valence-corrected chi connectivity index (χ0v) is 16.0. The van der Waals surface area contributed by atoms with Gasteiger partial charge in [-0.05, 0) is 39.7 Å². The molecule has 26 heavy (non-hydrogen) atoms. The second-order valence-corrected chi connectivity index (χ2v) is 6.85. The third kappa shape index (κ3) is 3.93. The van der Waals surface area contributed by atoms with Crippen LogP contribution in [0.15, 0.2) is 12.3 Å². The highest BCUT2D eigenvalue weighted by Crippen LogP contribution is 2.29. The lowest BCUT2D eigenvalue weighted by Gasteiger charge is -2.33. The molecule has 2 aromatic heterocycles. The van der Waals surface area contributed by atoms with Crippen molar-refractivity contribution < 1.29 is 9.53 Å². The minimum absolute atomic E-state index is 0.0370. The standard InChI is InChI=1S/C19H27N5O2/c1-5-26-12-16-10-20-14(3)21-18(16)15-7-6-8-24(11-15)19(25)17-9-13(2)22-23(17)4/h9-10,15H,5-8,11-12H2,1-4H3. The molecule has 2 aromatic rings. The second kappa shape index (κ2) is 7.95. The summed E-state index contributed by atoms with van der Waals surface area (Å²) in [5.74, 6) is 1.00. The van der Waals surface area contributed by atoms with Crippen molar-refractivity contribution in [3.63, 3.8) is 0 Å². The van der Waals surface area contributed by atoms with Crippen LogP contribution in [0.1, 0.15) is 58.9 Å². The fraction of sp³-hybridized carbons (Fsp3) is 0.579. The van der Waals surface area contributed by atoms with Crippen LogP contribution < -0.4 is 0 Å². The van der Waals surface area contributed by atoms with Crippen LogP contribution in [0, 0.1) is 13.8 Å². The Hall–Kier alpha value is -2.28. The Labute approximate surface area is 154 Å². The van der Waals surface area contributed by atoms with E-state index in [1.165, 1.54) is 0 Å². The molecule has 1 saturated heterocycles. The van der Waals surface area contributed by atoms with Gasteiger partial charge in [0.25, 0.3) is 5.91 Å². The molecule has 1 aliphatic heterocycles. The first-order valence-electron chi connectivity index (χ1n) is 9.19. The summed E-state index contributed by atoms with van der Waals surface area (Å²) in [7, 11) is 1.82. The van der Waals surface area contributed by atoms with Gasteiger partial charge in [0.2, 0.25) is 0 Å². The topological polar surface area (TPSA) is 73.1 Å². The van der Waals surface area contributed by atoms with Gasteiger partial charge in [0, 0.05) is 44.4 Å². The molecule has 7 nitrogen and oxygen atoms in total. The van der Waals surface area contributed by atoms with Crippen LogP contribution in [0.4, 0.5) is 0 Å². The summed E-state index contributed by atoms with van der Waals surface area (Å²) in [5, 5.41) is 4.30. The van der Waals surface area contributed by atoms with E-state index >= 15 is 0 Å². The largest absolute Gasteiger partial charge is 0.377 e. The molecule has 1 atom stereocenters. The van der Waals surface area contributed by atoms with Gasteiger partial charge in [-0.25, -0.2) is 9.97 Å². The zero-order chi connectivity index (χ0) is 18.7. The molecule has 0 aromatic carbocycles. The van der Waals surface area contributed by atoms with E-state index in [2.05, 4.69) is 10.1 Å². The third-order valence-electron chi connectivity index (χ3n) is 4.80. The monoisotopic (exact) mass is 357 g/mol. The van der Waals surface area contributed by atoms with Gasteiger partial charge in [-0.15, -0.1) is 0 Å². The number of ether oxygens (including phenoxy) is 1. The maximum absolute atomic E-state index is 12.9. The maximum atomic E-state index is 12.9. The Balaban J connectivity index is 1.81. The Bertz CT molecular complexity index is 786. The van der Waals surface area contributed by atoms with Crippen molar-refractivity contribution in [3.8, 4) is 0 Å². The van der Waals surface area contributed by atoms with Crippen LogP contribution in [0.3, 0.4) is 0 Å². The average molecular weight is 357 g/mol. The highest BCUT2D eigenvalue weighted by molar-refractivity contribution is 5.92. The average Bonchev–Trinajstić information content (AvgIpc) is 2.98. The molecule has 0 N–H and O–H groups in total. The minimum Gasteiger partial charge on any atom is -0.377 e. The van der Waals surface area contributed by atoms with Gasteiger partial charge < -0.3 is 9.64 Å². The number of amides is 1. The first-order valence-corrected chi connectivity index (χ1v) is 9.19. The molecule has 1 unspecified atom stereocenters. The van der Waals surface area contributed by atoms with Crippen molar-refractivity contribution in [1.29, 1.82) is 0 Å². The van der Waals surface area contributed by atoms with Crippen LogP contribution in [0.2, 0.25) is 0 Å². The maximum Gasteiger partial charge on any atom is 0.272 e. The molecule has 1 aliphatic rings. The summed E-state index contributed by atoms with van der Waals surface area (Å²) in [5.41, 5.74) is 3.53. The molecule has 0 aliphatic carbocycles. The van der Waals surface area contributed by atoms with E-state index in [1.54, 1.807) is 4.68 Å². The zero-order valence-electron chi connectivity index (χ0n) is 16.0. The number of rotatable bonds is 5. The number of carbonyl (C=O) groups excluding carboxylic acids is 1. The molecule has 140 valence electrons. The van der Waals surface area contributed by atoms with Gasteiger partial charge >= 0.3 is 0 Å². The molecule has 3 rings (SSSR count). The molecule has 3 heterocycles. The number of nitrogens with zero attached hydrogens (tertiary/aromatic N) is 5. The lowest BCUT2D eigenvalue weighted by molar-refractivity contribution is 0.0693. The molecule has 0 spiro atoms. The van der Waals surface area contributed by atoms with Crippen LogP contribution >= 0.6 is 0 Å². The molecule has 1 fully saturated rings. The summed E-state index contributed by atoms with van der Waals surface area (Å²) in [6.07, 6.45) is 3.84. The van der Waals surface area contributed by atoms with E-state index in [1.807, 2.05) is 45.0 Å². The lowest BCUT2D eigenvalue weighted by Crippen LogP contribution is -2.40. The Morgan fingerprint density at radius 3 is 2.88 bits per heavy atom. The Morgan fingerprint density at radius 1 is 1.38 bits per heavy atom. The van der Waals surface area contributed by atoms with Gasteiger partial charge in [-0.2, -0.15) is 5.10 Å². The van der Waals surface area contributed by atoms with Gasteiger partial charge in [-0.1, -0.05) is 0 Å². The number of aromatic nitrogens is 4. The summed E-state index contributed by atoms with van der Waals surface area (Å²) in [6.45, 7) is 8.38. The number of likely N-dealkylation sites (tertiary alicyclic amines) is 1. The first-order chi connectivity index (χ1) is 12.5. The molecule has 0 bridgehead atoms. The normalized spacial score (nSPS) is 17.5. The van der Waals surface area contributed by atoms with Crippen molar-refractivity contribution in [3.05, 3.63) is 40.7 Å².